The summed E-state index contributed by atoms with van der Waals surface area (Å²) < 4.78 is 33.3. The highest BCUT2D eigenvalue weighted by Gasteiger charge is 2.09. The van der Waals surface area contributed by atoms with Crippen LogP contribution >= 0.6 is 0 Å². The molecule has 0 atom stereocenters. The molecule has 0 saturated carbocycles. The number of hydrogen-bond acceptors (Lipinski definition) is 11. The molecular weight excluding hydrogens is 650 g/mol. The molecule has 0 unspecified atom stereocenters. The van der Waals surface area contributed by atoms with E-state index in [1.54, 1.807) is 42.5 Å². The summed E-state index contributed by atoms with van der Waals surface area (Å²) in [7, 11) is 8.79. The number of Topliss-reactive ketones (excluding diaryl/α,β-unsaturated/α-hetero) is 2. The number of carbonyl (C=O) groups excluding carboxylic acids is 4. The third kappa shape index (κ3) is 142. The molecule has 12 nitrogen and oxygen atoms in total. The number of hydrogen-bond donors (Lipinski definition) is 1. The molecule has 0 bridgehead atoms. The molecule has 0 aromatic rings. The van der Waals surface area contributed by atoms with E-state index in [9.17, 15) is 19.2 Å². The predicted molar refractivity (Wildman–Crippen MR) is 209 cm³/mol. The molecule has 0 saturated heterocycles. The predicted octanol–water partition coefficient (Wildman–Crippen LogP) is 7.41. The average Bonchev–Trinajstić information content (AvgIpc) is 2.97. The maximum absolute atomic E-state index is 10.8. The van der Waals surface area contributed by atoms with Gasteiger partial charge in [0.15, 0.2) is 8.32 Å². The summed E-state index contributed by atoms with van der Waals surface area (Å²) >= 11 is 0. The molecule has 1 N–H and O–H groups in total. The van der Waals surface area contributed by atoms with Gasteiger partial charge in [0.1, 0.15) is 18.2 Å². The highest BCUT2D eigenvalue weighted by Crippen LogP contribution is 1.97. The van der Waals surface area contributed by atoms with Gasteiger partial charge in [-0.15, -0.1) is 0 Å². The first-order valence-electron chi connectivity index (χ1n) is 16.3. The molecule has 0 spiro atoms. The number of rotatable bonds is 17. The number of ether oxygens (including phenoxy) is 6. The molecule has 0 aliphatic heterocycles. The summed E-state index contributed by atoms with van der Waals surface area (Å²) in [6.07, 6.45) is 3.33. The Morgan fingerprint density at radius 2 is 1.02 bits per heavy atom. The first kappa shape index (κ1) is 69.1. The van der Waals surface area contributed by atoms with Crippen LogP contribution in [0.3, 0.4) is 0 Å². The molecule has 0 fully saturated rings. The van der Waals surface area contributed by atoms with E-state index in [0.29, 0.717) is 38.7 Å². The van der Waals surface area contributed by atoms with Crippen molar-refractivity contribution in [3.63, 3.8) is 0 Å². The lowest BCUT2D eigenvalue weighted by atomic mass is 10.2. The SMILES string of the molecule is C.C.CCC.CCCOC.COCC(C)C.COCCC(C)=O.COCCNC(C)=O.COCCOC(=O)CCC(C)=O.CO[Si](C)(C)C. The van der Waals surface area contributed by atoms with Crippen LogP contribution in [0.4, 0.5) is 0 Å². The van der Waals surface area contributed by atoms with Crippen LogP contribution in [-0.4, -0.2) is 121 Å². The summed E-state index contributed by atoms with van der Waals surface area (Å²) in [5.41, 5.74) is 0. The number of methoxy groups -OCH3 is 5. The van der Waals surface area contributed by atoms with Gasteiger partial charge in [-0.25, -0.2) is 0 Å². The van der Waals surface area contributed by atoms with Gasteiger partial charge in [-0.2, -0.15) is 0 Å². The zero-order valence-corrected chi connectivity index (χ0v) is 34.6. The Bertz CT molecular complexity index is 629. The van der Waals surface area contributed by atoms with Crippen LogP contribution in [-0.2, 0) is 52.0 Å². The Labute approximate surface area is 305 Å². The maximum Gasteiger partial charge on any atom is 0.306 e. The molecule has 0 heterocycles. The zero-order valence-electron chi connectivity index (χ0n) is 33.6. The standard InChI is InChI=1S/C8H14O4.C5H11NO2.C5H10O2.C5H12O.C4H12OSi.C4H10O.C3H8.2CH4/c1-7(9)3-4-8(10)12-6-5-11-2;1-5(7)6-3-4-8-2;1-5(6)3-4-7-2;1-5(2)4-6-3;1-5-6(2,3)4;1-3-4-5-2;1-3-2;;/h3-6H2,1-2H3;3-4H2,1-2H3,(H,6,7);3-4H2,1-2H3;5H,4H2,1-3H3;1-4H3;3-4H2,1-2H3;3H2,1-2H3;2*1H4. The van der Waals surface area contributed by atoms with Gasteiger partial charge in [0, 0.05) is 82.2 Å². The molecule has 0 aliphatic rings. The molecule has 13 heteroatoms. The monoisotopic (exact) mass is 736 g/mol. The summed E-state index contributed by atoms with van der Waals surface area (Å²) in [5.74, 6) is 0.500. The number of ketones is 2. The lowest BCUT2D eigenvalue weighted by molar-refractivity contribution is -0.145. The summed E-state index contributed by atoms with van der Waals surface area (Å²) in [6.45, 7) is 25.7. The quantitative estimate of drug-likeness (QED) is 0.0905. The van der Waals surface area contributed by atoms with E-state index in [-0.39, 0.29) is 57.7 Å². The Morgan fingerprint density at radius 1 is 0.612 bits per heavy atom. The third-order valence-corrected chi connectivity index (χ3v) is 5.32. The average molecular weight is 736 g/mol. The van der Waals surface area contributed by atoms with Crippen LogP contribution in [0.5, 0.6) is 0 Å². The lowest BCUT2D eigenvalue weighted by Gasteiger charge is -2.10. The second-order valence-corrected chi connectivity index (χ2v) is 15.8. The van der Waals surface area contributed by atoms with Gasteiger partial charge in [-0.3, -0.25) is 14.4 Å². The minimum atomic E-state index is -1.13. The molecule has 0 radical (unpaired) electrons. The molecule has 1 amide bonds. The fraction of sp³-hybridized carbons (Fsp3) is 0.889. The summed E-state index contributed by atoms with van der Waals surface area (Å²) in [5, 5.41) is 2.58. The minimum Gasteiger partial charge on any atom is -0.463 e. The van der Waals surface area contributed by atoms with Gasteiger partial charge in [0.25, 0.3) is 0 Å². The number of carbonyl (C=O) groups is 4. The minimum absolute atomic E-state index is 0. The van der Waals surface area contributed by atoms with Crippen molar-refractivity contribution in [2.45, 2.75) is 122 Å². The lowest BCUT2D eigenvalue weighted by Crippen LogP contribution is -2.23. The summed E-state index contributed by atoms with van der Waals surface area (Å²) in [4.78, 5) is 41.5. The molecule has 49 heavy (non-hydrogen) atoms. The first-order valence-corrected chi connectivity index (χ1v) is 19.7. The van der Waals surface area contributed by atoms with Crippen molar-refractivity contribution >= 4 is 31.8 Å². The molecule has 0 aromatic carbocycles. The Kier molecular flexibility index (Phi) is 86.7. The number of esters is 1. The second kappa shape index (κ2) is 61.5. The molecule has 0 aromatic heterocycles. The van der Waals surface area contributed by atoms with Crippen LogP contribution in [0.25, 0.3) is 0 Å². The van der Waals surface area contributed by atoms with E-state index >= 15 is 0 Å². The molecule has 0 rings (SSSR count). The van der Waals surface area contributed by atoms with E-state index in [1.165, 1.54) is 27.4 Å². The van der Waals surface area contributed by atoms with Crippen LogP contribution in [0.15, 0.2) is 0 Å². The Morgan fingerprint density at radius 3 is 1.22 bits per heavy atom. The Hall–Kier alpha value is -1.74. The van der Waals surface area contributed by atoms with Crippen LogP contribution in [0.1, 0.15) is 102 Å². The van der Waals surface area contributed by atoms with E-state index in [0.717, 1.165) is 19.6 Å². The van der Waals surface area contributed by atoms with Crippen molar-refractivity contribution in [3.05, 3.63) is 0 Å². The van der Waals surface area contributed by atoms with Crippen LogP contribution < -0.4 is 5.32 Å². The fourth-order valence-corrected chi connectivity index (χ4v) is 1.70. The number of nitrogens with one attached hydrogen (secondary N) is 1. The second-order valence-electron chi connectivity index (χ2n) is 11.2. The van der Waals surface area contributed by atoms with Gasteiger partial charge >= 0.3 is 5.97 Å². The van der Waals surface area contributed by atoms with Gasteiger partial charge in [0.2, 0.25) is 5.91 Å². The number of amides is 1. The van der Waals surface area contributed by atoms with E-state index < -0.39 is 8.32 Å². The first-order chi connectivity index (χ1) is 21.9. The van der Waals surface area contributed by atoms with Crippen molar-refractivity contribution in [3.8, 4) is 0 Å². The van der Waals surface area contributed by atoms with Crippen molar-refractivity contribution in [1.29, 1.82) is 0 Å². The molecular formula is C36H85NO11Si. The largest absolute Gasteiger partial charge is 0.463 e. The van der Waals surface area contributed by atoms with Gasteiger partial charge in [-0.1, -0.05) is 55.9 Å². The van der Waals surface area contributed by atoms with Gasteiger partial charge in [-0.05, 0) is 45.8 Å². The van der Waals surface area contributed by atoms with Crippen molar-refractivity contribution < 1.29 is 52.0 Å². The highest BCUT2D eigenvalue weighted by molar-refractivity contribution is 6.69. The van der Waals surface area contributed by atoms with Gasteiger partial charge in [0.05, 0.1) is 26.2 Å². The zero-order chi connectivity index (χ0) is 38.5. The normalized spacial score (nSPS) is 8.94. The van der Waals surface area contributed by atoms with E-state index in [2.05, 4.69) is 73.8 Å². The topological polar surface area (TPSA) is 145 Å². The highest BCUT2D eigenvalue weighted by atomic mass is 28.4. The van der Waals surface area contributed by atoms with Gasteiger partial charge < -0.3 is 43.0 Å². The summed E-state index contributed by atoms with van der Waals surface area (Å²) in [6, 6.07) is 0. The maximum atomic E-state index is 10.8. The van der Waals surface area contributed by atoms with E-state index in [4.69, 9.17) is 18.6 Å². The molecule has 0 aliphatic carbocycles. The van der Waals surface area contributed by atoms with Crippen LogP contribution in [0.2, 0.25) is 19.6 Å². The van der Waals surface area contributed by atoms with Crippen LogP contribution in [0, 0.1) is 5.92 Å². The van der Waals surface area contributed by atoms with Crippen molar-refractivity contribution in [2.75, 3.05) is 88.8 Å². The van der Waals surface area contributed by atoms with E-state index in [1.807, 2.05) is 0 Å². The van der Waals surface area contributed by atoms with Crippen molar-refractivity contribution in [2.24, 2.45) is 5.92 Å². The smallest absolute Gasteiger partial charge is 0.306 e. The Balaban J connectivity index is -0.0000000559. The fourth-order valence-electron chi connectivity index (χ4n) is 1.70. The molecule has 304 valence electrons. The van der Waals surface area contributed by atoms with Crippen molar-refractivity contribution in [1.82, 2.24) is 5.32 Å². The third-order valence-electron chi connectivity index (χ3n) is 4.09.